The highest BCUT2D eigenvalue weighted by Gasteiger charge is 2.46. The molecule has 0 amide bonds. The molecule has 5 aliphatic rings. The first kappa shape index (κ1) is 25.1. The van der Waals surface area contributed by atoms with Crippen molar-refractivity contribution in [2.45, 2.75) is 102 Å². The van der Waals surface area contributed by atoms with Crippen LogP contribution in [0.2, 0.25) is 6.82 Å². The summed E-state index contributed by atoms with van der Waals surface area (Å²) < 4.78 is 2.16. The largest absolute Gasteiger partial charge is 0.437 e. The summed E-state index contributed by atoms with van der Waals surface area (Å²) in [4.78, 5) is 26.6. The van der Waals surface area contributed by atoms with Crippen LogP contribution < -0.4 is 10.5 Å². The Kier molecular flexibility index (Phi) is 6.77. The van der Waals surface area contributed by atoms with E-state index in [9.17, 15) is 9.82 Å². The average Bonchev–Trinajstić information content (AvgIpc) is 3.54. The van der Waals surface area contributed by atoms with E-state index >= 15 is 0 Å². The van der Waals surface area contributed by atoms with Crippen LogP contribution in [-0.4, -0.2) is 75.6 Å². The molecule has 1 saturated carbocycles. The zero-order valence-corrected chi connectivity index (χ0v) is 23.0. The first-order valence-electron chi connectivity index (χ1n) is 15.5. The van der Waals surface area contributed by atoms with Crippen molar-refractivity contribution in [3.05, 3.63) is 34.6 Å². The summed E-state index contributed by atoms with van der Waals surface area (Å²) in [5.41, 5.74) is 2.06. The van der Waals surface area contributed by atoms with Crippen LogP contribution in [0.3, 0.4) is 0 Å². The second-order valence-corrected chi connectivity index (χ2v) is 13.1. The van der Waals surface area contributed by atoms with Gasteiger partial charge in [0.1, 0.15) is 0 Å². The van der Waals surface area contributed by atoms with Gasteiger partial charge in [0, 0.05) is 37.3 Å². The fraction of sp³-hybridized carbons (Fsp3) is 0.733. The molecule has 1 aliphatic carbocycles. The van der Waals surface area contributed by atoms with Crippen LogP contribution in [0.25, 0.3) is 11.0 Å². The number of aromatic nitrogens is 2. The van der Waals surface area contributed by atoms with Crippen molar-refractivity contribution in [3.8, 4) is 0 Å². The average molecular weight is 518 g/mol. The van der Waals surface area contributed by atoms with Crippen LogP contribution in [0.15, 0.2) is 29.1 Å². The third-order valence-corrected chi connectivity index (χ3v) is 10.7. The number of para-hydroxylation sites is 2. The fourth-order valence-corrected chi connectivity index (χ4v) is 8.94. The minimum absolute atomic E-state index is 0.111. The molecule has 1 N–H and O–H groups in total. The maximum absolute atomic E-state index is 14.3. The molecule has 8 heteroatoms. The quantitative estimate of drug-likeness (QED) is 0.615. The monoisotopic (exact) mass is 517 g/mol. The molecule has 1 aromatic carbocycles. The third kappa shape index (κ3) is 4.41. The summed E-state index contributed by atoms with van der Waals surface area (Å²) >= 11 is 0. The van der Waals surface area contributed by atoms with Crippen molar-refractivity contribution in [3.63, 3.8) is 0 Å². The lowest BCUT2D eigenvalue weighted by Crippen LogP contribution is -2.50. The van der Waals surface area contributed by atoms with Crippen molar-refractivity contribution in [1.82, 2.24) is 19.3 Å². The first-order chi connectivity index (χ1) is 18.6. The predicted molar refractivity (Wildman–Crippen MR) is 154 cm³/mol. The van der Waals surface area contributed by atoms with Gasteiger partial charge >= 0.3 is 7.05 Å². The molecular weight excluding hydrogens is 473 g/mol. The molecule has 2 unspecified atom stereocenters. The molecule has 204 valence electrons. The second kappa shape index (κ2) is 10.3. The number of fused-ring (bicyclic) bond motifs is 4. The van der Waals surface area contributed by atoms with E-state index in [0.29, 0.717) is 29.7 Å². The standard InChI is InChI=1S/C30H44BN5O2/c1-31(38)34-19-21-17-33(18-22(21)20-34)29-30(37)36(28-12-8-7-11-27(28)32-29)26-15-24-13-14-25(16-26)35(24)23-9-5-3-2-4-6-10-23/h7-8,11-12,21-26,38H,2-6,9-10,13-20H2,1H3/t21?,22?,24-,25+,26+. The van der Waals surface area contributed by atoms with Gasteiger partial charge in [-0.15, -0.1) is 0 Å². The highest BCUT2D eigenvalue weighted by molar-refractivity contribution is 6.45. The van der Waals surface area contributed by atoms with Gasteiger partial charge in [-0.1, -0.05) is 44.2 Å². The Morgan fingerprint density at radius 3 is 2.11 bits per heavy atom. The van der Waals surface area contributed by atoms with E-state index in [1.165, 1.54) is 57.8 Å². The second-order valence-electron chi connectivity index (χ2n) is 13.1. The van der Waals surface area contributed by atoms with E-state index in [1.54, 1.807) is 0 Å². The summed E-state index contributed by atoms with van der Waals surface area (Å²) in [6.07, 6.45) is 14.5. The normalized spacial score (nSPS) is 33.0. The molecule has 2 bridgehead atoms. The SMILES string of the molecule is CB(O)N1CC2CN(c3nc4ccccc4n([C@H]4C[C@H]5CC[C@@H](C4)N5C4CCCCCCC4)c3=O)CC2C1. The van der Waals surface area contributed by atoms with Gasteiger partial charge in [0.15, 0.2) is 5.82 Å². The van der Waals surface area contributed by atoms with Gasteiger partial charge in [-0.3, -0.25) is 9.69 Å². The molecule has 2 aromatic rings. The predicted octanol–water partition coefficient (Wildman–Crippen LogP) is 4.16. The molecule has 5 heterocycles. The van der Waals surface area contributed by atoms with Crippen molar-refractivity contribution >= 4 is 23.9 Å². The highest BCUT2D eigenvalue weighted by atomic mass is 16.2. The Hall–Kier alpha value is -1.90. The van der Waals surface area contributed by atoms with Gasteiger partial charge in [-0.2, -0.15) is 0 Å². The lowest BCUT2D eigenvalue weighted by atomic mass is 9.85. The molecule has 1 aromatic heterocycles. The molecule has 7 nitrogen and oxygen atoms in total. The van der Waals surface area contributed by atoms with Gasteiger partial charge in [-0.05, 0) is 82.4 Å². The summed E-state index contributed by atoms with van der Waals surface area (Å²) in [6, 6.07) is 10.5. The molecule has 38 heavy (non-hydrogen) atoms. The van der Waals surface area contributed by atoms with Crippen molar-refractivity contribution in [1.29, 1.82) is 0 Å². The van der Waals surface area contributed by atoms with Crippen LogP contribution in [0.4, 0.5) is 5.82 Å². The van der Waals surface area contributed by atoms with Crippen LogP contribution >= 0.6 is 0 Å². The molecule has 5 atom stereocenters. The zero-order valence-electron chi connectivity index (χ0n) is 23.0. The Morgan fingerprint density at radius 2 is 1.45 bits per heavy atom. The molecular formula is C30H44BN5O2. The zero-order chi connectivity index (χ0) is 25.8. The number of hydrogen-bond donors (Lipinski definition) is 1. The third-order valence-electron chi connectivity index (χ3n) is 10.7. The maximum Gasteiger partial charge on any atom is 0.376 e. The lowest BCUT2D eigenvalue weighted by molar-refractivity contribution is 0.0498. The number of piperidine rings is 1. The van der Waals surface area contributed by atoms with Gasteiger partial charge in [-0.25, -0.2) is 4.98 Å². The van der Waals surface area contributed by atoms with Crippen LogP contribution in [0.5, 0.6) is 0 Å². The van der Waals surface area contributed by atoms with Gasteiger partial charge in [0.25, 0.3) is 5.56 Å². The minimum atomic E-state index is -0.395. The van der Waals surface area contributed by atoms with E-state index in [0.717, 1.165) is 56.1 Å². The van der Waals surface area contributed by atoms with Gasteiger partial charge in [0.05, 0.1) is 11.0 Å². The van der Waals surface area contributed by atoms with Crippen molar-refractivity contribution < 1.29 is 5.02 Å². The van der Waals surface area contributed by atoms with Gasteiger partial charge < -0.3 is 19.3 Å². The van der Waals surface area contributed by atoms with Crippen molar-refractivity contribution in [2.75, 3.05) is 31.1 Å². The molecule has 7 rings (SSSR count). The van der Waals surface area contributed by atoms with Gasteiger partial charge in [0.2, 0.25) is 0 Å². The van der Waals surface area contributed by atoms with E-state index in [4.69, 9.17) is 4.98 Å². The number of benzene rings is 1. The van der Waals surface area contributed by atoms with E-state index in [-0.39, 0.29) is 11.6 Å². The summed E-state index contributed by atoms with van der Waals surface area (Å²) in [6.45, 7) is 5.39. The van der Waals surface area contributed by atoms with E-state index < -0.39 is 7.05 Å². The van der Waals surface area contributed by atoms with Crippen LogP contribution in [-0.2, 0) is 0 Å². The lowest BCUT2D eigenvalue weighted by Gasteiger charge is -2.45. The molecule has 5 fully saturated rings. The van der Waals surface area contributed by atoms with Crippen molar-refractivity contribution in [2.24, 2.45) is 11.8 Å². The Balaban J connectivity index is 1.17. The van der Waals surface area contributed by atoms with E-state index in [2.05, 4.69) is 37.4 Å². The van der Waals surface area contributed by atoms with Crippen LogP contribution in [0.1, 0.15) is 76.7 Å². The fourth-order valence-electron chi connectivity index (χ4n) is 8.94. The Morgan fingerprint density at radius 1 is 0.816 bits per heavy atom. The number of rotatable bonds is 4. The summed E-state index contributed by atoms with van der Waals surface area (Å²) in [5.74, 6) is 1.64. The smallest absolute Gasteiger partial charge is 0.376 e. The number of nitrogens with zero attached hydrogens (tertiary/aromatic N) is 5. The number of hydrogen-bond acceptors (Lipinski definition) is 6. The minimum Gasteiger partial charge on any atom is -0.437 e. The molecule has 0 radical (unpaired) electrons. The summed E-state index contributed by atoms with van der Waals surface area (Å²) in [7, 11) is -0.395. The van der Waals surface area contributed by atoms with Crippen LogP contribution in [0, 0.1) is 11.8 Å². The molecule has 0 spiro atoms. The highest BCUT2D eigenvalue weighted by Crippen LogP contribution is 2.44. The Bertz CT molecular complexity index is 1180. The Labute approximate surface area is 227 Å². The molecule has 4 aliphatic heterocycles. The first-order valence-corrected chi connectivity index (χ1v) is 15.5. The molecule has 4 saturated heterocycles. The summed E-state index contributed by atoms with van der Waals surface area (Å²) in [5, 5.41) is 10.1. The number of anilines is 1. The topological polar surface area (TPSA) is 64.8 Å². The maximum atomic E-state index is 14.3. The van der Waals surface area contributed by atoms with E-state index in [1.807, 2.05) is 12.9 Å².